The van der Waals surface area contributed by atoms with Gasteiger partial charge in [-0.2, -0.15) is 0 Å². The zero-order valence-corrected chi connectivity index (χ0v) is 9.33. The second kappa shape index (κ2) is 7.00. The third-order valence-electron chi connectivity index (χ3n) is 1.46. The maximum absolute atomic E-state index is 11.2. The zero-order valence-electron chi connectivity index (χ0n) is 9.33. The van der Waals surface area contributed by atoms with Crippen LogP contribution in [0.25, 0.3) is 0 Å². The summed E-state index contributed by atoms with van der Waals surface area (Å²) in [5, 5.41) is 2.50. The number of hydrogen-bond acceptors (Lipinski definition) is 4. The van der Waals surface area contributed by atoms with Crippen LogP contribution in [0.5, 0.6) is 0 Å². The summed E-state index contributed by atoms with van der Waals surface area (Å²) >= 11 is 0. The van der Waals surface area contributed by atoms with E-state index in [4.69, 9.17) is 9.47 Å². The van der Waals surface area contributed by atoms with Crippen LogP contribution in [0.2, 0.25) is 0 Å². The molecule has 1 N–H and O–H groups in total. The maximum atomic E-state index is 11.2. The van der Waals surface area contributed by atoms with Gasteiger partial charge in [0, 0.05) is 19.1 Å². The normalized spacial score (nSPS) is 11.7. The molecule has 0 aromatic rings. The molecule has 5 heteroatoms. The van der Waals surface area contributed by atoms with Gasteiger partial charge in [-0.3, -0.25) is 4.79 Å². The lowest BCUT2D eigenvalue weighted by Gasteiger charge is -2.17. The van der Waals surface area contributed by atoms with Crippen LogP contribution in [0.15, 0.2) is 12.2 Å². The first-order chi connectivity index (χ1) is 6.97. The molecule has 0 fully saturated rings. The van der Waals surface area contributed by atoms with Gasteiger partial charge < -0.3 is 14.8 Å². The first kappa shape index (κ1) is 13.6. The largest absolute Gasteiger partial charge is 0.430 e. The number of carbonyl (C=O) groups excluding carboxylic acids is 2. The van der Waals surface area contributed by atoms with Crippen LogP contribution in [0.3, 0.4) is 0 Å². The van der Waals surface area contributed by atoms with E-state index in [0.717, 1.165) is 0 Å². The molecule has 0 spiro atoms. The molecule has 0 aliphatic heterocycles. The number of nitrogens with one attached hydrogen (secondary N) is 1. The Balaban J connectivity index is 4.08. The van der Waals surface area contributed by atoms with Gasteiger partial charge in [-0.25, -0.2) is 4.79 Å². The van der Waals surface area contributed by atoms with E-state index in [1.807, 2.05) is 0 Å². The molecule has 86 valence electrons. The van der Waals surface area contributed by atoms with Crippen LogP contribution in [0.4, 0.5) is 0 Å². The topological polar surface area (TPSA) is 64.6 Å². The van der Waals surface area contributed by atoms with E-state index in [2.05, 4.69) is 11.9 Å². The van der Waals surface area contributed by atoms with Crippen molar-refractivity contribution in [2.75, 3.05) is 13.2 Å². The summed E-state index contributed by atoms with van der Waals surface area (Å²) in [5.41, 5.74) is 0.294. The minimum absolute atomic E-state index is 0.141. The van der Waals surface area contributed by atoms with Crippen molar-refractivity contribution in [1.82, 2.24) is 5.32 Å². The minimum atomic E-state index is -0.761. The van der Waals surface area contributed by atoms with Gasteiger partial charge in [0.05, 0.1) is 6.54 Å². The average Bonchev–Trinajstić information content (AvgIpc) is 2.14. The van der Waals surface area contributed by atoms with Crippen LogP contribution in [0.1, 0.15) is 20.8 Å². The van der Waals surface area contributed by atoms with Crippen LogP contribution in [-0.2, 0) is 19.1 Å². The number of esters is 1. The van der Waals surface area contributed by atoms with Gasteiger partial charge in [-0.05, 0) is 13.8 Å². The SMILES string of the molecule is C=C(C)C(=O)OC(CNC(C)=O)OCC. The molecule has 0 aromatic heterocycles. The second-order valence-electron chi connectivity index (χ2n) is 3.01. The van der Waals surface area contributed by atoms with Crippen molar-refractivity contribution in [2.45, 2.75) is 27.1 Å². The van der Waals surface area contributed by atoms with E-state index in [-0.39, 0.29) is 12.5 Å². The monoisotopic (exact) mass is 215 g/mol. The maximum Gasteiger partial charge on any atom is 0.335 e. The highest BCUT2D eigenvalue weighted by atomic mass is 16.7. The molecule has 5 nitrogen and oxygen atoms in total. The average molecular weight is 215 g/mol. The van der Waals surface area contributed by atoms with Gasteiger partial charge >= 0.3 is 5.97 Å². The molecule has 0 aliphatic rings. The molecule has 0 saturated heterocycles. The Morgan fingerprint density at radius 2 is 2.00 bits per heavy atom. The van der Waals surface area contributed by atoms with Crippen LogP contribution >= 0.6 is 0 Å². The molecule has 1 unspecified atom stereocenters. The lowest BCUT2D eigenvalue weighted by atomic mass is 10.4. The van der Waals surface area contributed by atoms with E-state index < -0.39 is 12.3 Å². The predicted molar refractivity (Wildman–Crippen MR) is 55.0 cm³/mol. The van der Waals surface area contributed by atoms with Gasteiger partial charge in [-0.1, -0.05) is 6.58 Å². The van der Waals surface area contributed by atoms with Crippen molar-refractivity contribution in [1.29, 1.82) is 0 Å². The highest BCUT2D eigenvalue weighted by Gasteiger charge is 2.14. The fraction of sp³-hybridized carbons (Fsp3) is 0.600. The Labute approximate surface area is 89.4 Å². The lowest BCUT2D eigenvalue weighted by molar-refractivity contribution is -0.172. The van der Waals surface area contributed by atoms with Crippen LogP contribution in [-0.4, -0.2) is 31.3 Å². The molecule has 0 rings (SSSR count). The lowest BCUT2D eigenvalue weighted by Crippen LogP contribution is -2.35. The number of amides is 1. The molecule has 0 saturated carbocycles. The van der Waals surface area contributed by atoms with E-state index in [9.17, 15) is 9.59 Å². The Hall–Kier alpha value is -1.36. The van der Waals surface area contributed by atoms with Crippen molar-refractivity contribution < 1.29 is 19.1 Å². The van der Waals surface area contributed by atoms with E-state index in [1.54, 1.807) is 13.8 Å². The Morgan fingerprint density at radius 1 is 1.40 bits per heavy atom. The van der Waals surface area contributed by atoms with Crippen molar-refractivity contribution in [3.63, 3.8) is 0 Å². The fourth-order valence-electron chi connectivity index (χ4n) is 0.768. The number of hydrogen-bond donors (Lipinski definition) is 1. The summed E-state index contributed by atoms with van der Waals surface area (Å²) in [4.78, 5) is 21.8. The second-order valence-corrected chi connectivity index (χ2v) is 3.01. The Kier molecular flexibility index (Phi) is 6.37. The number of ether oxygens (including phenoxy) is 2. The van der Waals surface area contributed by atoms with Gasteiger partial charge in [0.1, 0.15) is 0 Å². The molecule has 0 radical (unpaired) electrons. The quantitative estimate of drug-likeness (QED) is 0.400. The highest BCUT2D eigenvalue weighted by molar-refractivity contribution is 5.87. The predicted octanol–water partition coefficient (Wildman–Crippen LogP) is 0.604. The van der Waals surface area contributed by atoms with Crippen LogP contribution < -0.4 is 5.32 Å². The third kappa shape index (κ3) is 6.68. The molecule has 0 heterocycles. The van der Waals surface area contributed by atoms with Gasteiger partial charge in [0.15, 0.2) is 0 Å². The molecule has 15 heavy (non-hydrogen) atoms. The molecular weight excluding hydrogens is 198 g/mol. The summed E-state index contributed by atoms with van der Waals surface area (Å²) in [5.74, 6) is -0.732. The van der Waals surface area contributed by atoms with Crippen molar-refractivity contribution in [2.24, 2.45) is 0 Å². The van der Waals surface area contributed by atoms with E-state index in [1.165, 1.54) is 6.92 Å². The van der Waals surface area contributed by atoms with Gasteiger partial charge in [0.25, 0.3) is 0 Å². The first-order valence-electron chi connectivity index (χ1n) is 4.69. The molecule has 0 bridgehead atoms. The first-order valence-corrected chi connectivity index (χ1v) is 4.69. The number of rotatable bonds is 6. The van der Waals surface area contributed by atoms with E-state index >= 15 is 0 Å². The van der Waals surface area contributed by atoms with Crippen molar-refractivity contribution in [3.8, 4) is 0 Å². The Morgan fingerprint density at radius 3 is 2.40 bits per heavy atom. The molecule has 0 aliphatic carbocycles. The summed E-state index contributed by atoms with van der Waals surface area (Å²) in [6.07, 6.45) is -0.761. The highest BCUT2D eigenvalue weighted by Crippen LogP contribution is 1.99. The van der Waals surface area contributed by atoms with Crippen molar-refractivity contribution in [3.05, 3.63) is 12.2 Å². The Bertz CT molecular complexity index is 250. The smallest absolute Gasteiger partial charge is 0.335 e. The van der Waals surface area contributed by atoms with Gasteiger partial charge in [0.2, 0.25) is 12.2 Å². The summed E-state index contributed by atoms with van der Waals surface area (Å²) in [7, 11) is 0. The van der Waals surface area contributed by atoms with E-state index in [0.29, 0.717) is 12.2 Å². The summed E-state index contributed by atoms with van der Waals surface area (Å²) in [6, 6.07) is 0. The van der Waals surface area contributed by atoms with Crippen molar-refractivity contribution >= 4 is 11.9 Å². The third-order valence-corrected chi connectivity index (χ3v) is 1.46. The zero-order chi connectivity index (χ0) is 11.8. The fourth-order valence-corrected chi connectivity index (χ4v) is 0.768. The van der Waals surface area contributed by atoms with Gasteiger partial charge in [-0.15, -0.1) is 0 Å². The molecule has 1 amide bonds. The molecule has 1 atom stereocenters. The van der Waals surface area contributed by atoms with Crippen LogP contribution in [0, 0.1) is 0 Å². The molecular formula is C10H17NO4. The number of carbonyl (C=O) groups is 2. The molecule has 0 aromatic carbocycles. The summed E-state index contributed by atoms with van der Waals surface area (Å²) < 4.78 is 10.0. The standard InChI is InChI=1S/C10H17NO4/c1-5-14-9(6-11-8(4)12)15-10(13)7(2)3/h9H,2,5-6H2,1,3-4H3,(H,11,12). The summed E-state index contributed by atoms with van der Waals surface area (Å²) in [6.45, 7) is 8.68. The minimum Gasteiger partial charge on any atom is -0.430 e.